The Morgan fingerprint density at radius 3 is 2.32 bits per heavy atom. The number of sulfonamides is 1. The van der Waals surface area contributed by atoms with Gasteiger partial charge in [-0.15, -0.1) is 0 Å². The molecule has 0 saturated heterocycles. The summed E-state index contributed by atoms with van der Waals surface area (Å²) in [4.78, 5) is 33.3. The zero-order chi connectivity index (χ0) is 30.4. The molecule has 0 spiro atoms. The largest absolute Gasteiger partial charge is 0.480 e. The third kappa shape index (κ3) is 9.16. The Kier molecular flexibility index (Phi) is 10.3. The summed E-state index contributed by atoms with van der Waals surface area (Å²) in [6.07, 6.45) is 1.64. The maximum atomic E-state index is 13.7. The van der Waals surface area contributed by atoms with Crippen molar-refractivity contribution in [2.75, 3.05) is 11.4 Å². The number of alkyl halides is 2. The number of anilines is 1. The summed E-state index contributed by atoms with van der Waals surface area (Å²) in [5.74, 6) is -1.49. The molecule has 1 amide bonds. The van der Waals surface area contributed by atoms with Gasteiger partial charge in [0.1, 0.15) is 28.6 Å². The number of amides is 1. The summed E-state index contributed by atoms with van der Waals surface area (Å²) >= 11 is 3.35. The summed E-state index contributed by atoms with van der Waals surface area (Å²) in [5.41, 5.74) is -0.310. The van der Waals surface area contributed by atoms with E-state index in [0.29, 0.717) is 10.0 Å². The van der Waals surface area contributed by atoms with E-state index >= 15 is 0 Å². The van der Waals surface area contributed by atoms with Gasteiger partial charge in [0.2, 0.25) is 10.0 Å². The second-order valence-electron chi connectivity index (χ2n) is 9.54. The van der Waals surface area contributed by atoms with Crippen LogP contribution in [0.15, 0.2) is 70.3 Å². The first-order valence-electron chi connectivity index (χ1n) is 12.0. The quantitative estimate of drug-likeness (QED) is 0.300. The topological polar surface area (TPSA) is 139 Å². The summed E-state index contributed by atoms with van der Waals surface area (Å²) in [6, 6.07) is 11.2. The molecule has 0 radical (unpaired) electrons. The van der Waals surface area contributed by atoms with Crippen molar-refractivity contribution < 1.29 is 41.4 Å². The number of ether oxygens (including phenoxy) is 2. The Hall–Kier alpha value is -3.69. The van der Waals surface area contributed by atoms with Crippen LogP contribution in [0.4, 0.5) is 19.4 Å². The number of hydrogen-bond acceptors (Lipinski definition) is 8. The van der Waals surface area contributed by atoms with Gasteiger partial charge >= 0.3 is 18.7 Å². The molecule has 0 fully saturated rings. The summed E-state index contributed by atoms with van der Waals surface area (Å²) in [5, 5.41) is 9.40. The van der Waals surface area contributed by atoms with Gasteiger partial charge in [-0.2, -0.15) is 13.1 Å². The van der Waals surface area contributed by atoms with Gasteiger partial charge in [0.15, 0.2) is 0 Å². The fraction of sp³-hybridized carbons (Fsp3) is 0.308. The van der Waals surface area contributed by atoms with Crippen molar-refractivity contribution in [3.8, 4) is 5.75 Å². The Labute approximate surface area is 243 Å². The van der Waals surface area contributed by atoms with Crippen LogP contribution in [0.25, 0.3) is 0 Å². The van der Waals surface area contributed by atoms with E-state index in [9.17, 15) is 31.9 Å². The lowest BCUT2D eigenvalue weighted by atomic mass is 10.2. The van der Waals surface area contributed by atoms with Crippen LogP contribution in [0.1, 0.15) is 32.0 Å². The molecule has 0 aliphatic rings. The molecular weight excluding hydrogens is 630 g/mol. The number of benzene rings is 1. The van der Waals surface area contributed by atoms with Gasteiger partial charge in [-0.05, 0) is 78.7 Å². The molecule has 0 atom stereocenters. The average Bonchev–Trinajstić information content (AvgIpc) is 2.88. The first kappa shape index (κ1) is 31.8. The van der Waals surface area contributed by atoms with Crippen LogP contribution < -0.4 is 9.64 Å². The minimum Gasteiger partial charge on any atom is -0.480 e. The van der Waals surface area contributed by atoms with Gasteiger partial charge in [-0.3, -0.25) is 14.7 Å². The minimum atomic E-state index is -4.18. The van der Waals surface area contributed by atoms with Gasteiger partial charge in [0, 0.05) is 23.4 Å². The van der Waals surface area contributed by atoms with Crippen molar-refractivity contribution in [1.82, 2.24) is 14.3 Å². The van der Waals surface area contributed by atoms with Crippen LogP contribution in [0.2, 0.25) is 0 Å². The van der Waals surface area contributed by atoms with Crippen molar-refractivity contribution in [3.05, 3.63) is 76.7 Å². The Balaban J connectivity index is 2.01. The van der Waals surface area contributed by atoms with Crippen LogP contribution >= 0.6 is 15.9 Å². The second-order valence-corrected chi connectivity index (χ2v) is 12.3. The number of carbonyl (C=O) groups excluding carboxylic acids is 1. The molecule has 0 aliphatic heterocycles. The minimum absolute atomic E-state index is 0.0768. The average molecular weight is 657 g/mol. The van der Waals surface area contributed by atoms with Gasteiger partial charge < -0.3 is 14.6 Å². The number of carboxylic acid groups (broad SMARTS) is 1. The van der Waals surface area contributed by atoms with E-state index < -0.39 is 40.8 Å². The standard InChI is InChI=1S/C26H27BrF2N4O7S/c1-26(2,3)40-25(36)33(16-23(34)35)22-11-10-20(27)21(31-22)15-32(41(37,38)19-5-4-12-30-13-19)14-17-6-8-18(9-7-17)39-24(28)29/h4-13,24H,14-16H2,1-3H3,(H,34,35). The molecule has 3 rings (SSSR count). The predicted octanol–water partition coefficient (Wildman–Crippen LogP) is 5.06. The normalized spacial score (nSPS) is 11.9. The van der Waals surface area contributed by atoms with Gasteiger partial charge in [0.25, 0.3) is 0 Å². The first-order valence-corrected chi connectivity index (χ1v) is 14.2. The highest BCUT2D eigenvalue weighted by Gasteiger charge is 2.29. The van der Waals surface area contributed by atoms with E-state index in [4.69, 9.17) is 4.74 Å². The fourth-order valence-electron chi connectivity index (χ4n) is 3.45. The molecule has 0 bridgehead atoms. The van der Waals surface area contributed by atoms with Gasteiger partial charge in [-0.1, -0.05) is 12.1 Å². The van der Waals surface area contributed by atoms with Gasteiger partial charge in [-0.25, -0.2) is 18.2 Å². The predicted molar refractivity (Wildman–Crippen MR) is 147 cm³/mol. The van der Waals surface area contributed by atoms with E-state index in [0.717, 1.165) is 9.21 Å². The van der Waals surface area contributed by atoms with E-state index in [1.807, 2.05) is 0 Å². The molecule has 1 aromatic carbocycles. The first-order chi connectivity index (χ1) is 19.2. The molecule has 0 unspecified atom stereocenters. The van der Waals surface area contributed by atoms with Crippen LogP contribution in [-0.2, 0) is 32.6 Å². The SMILES string of the molecule is CC(C)(C)OC(=O)N(CC(=O)O)c1ccc(Br)c(CN(Cc2ccc(OC(F)F)cc2)S(=O)(=O)c2cccnc2)n1. The van der Waals surface area contributed by atoms with Crippen LogP contribution in [-0.4, -0.2) is 58.6 Å². The van der Waals surface area contributed by atoms with Crippen molar-refractivity contribution in [2.45, 2.75) is 51.0 Å². The molecular formula is C26H27BrF2N4O7S. The Morgan fingerprint density at radius 2 is 1.76 bits per heavy atom. The van der Waals surface area contributed by atoms with Crippen LogP contribution in [0.5, 0.6) is 5.75 Å². The maximum absolute atomic E-state index is 13.7. The molecule has 2 aromatic heterocycles. The van der Waals surface area contributed by atoms with E-state index in [-0.39, 0.29) is 35.2 Å². The lowest BCUT2D eigenvalue weighted by Gasteiger charge is -2.27. The zero-order valence-electron chi connectivity index (χ0n) is 22.2. The molecule has 3 aromatic rings. The van der Waals surface area contributed by atoms with Crippen LogP contribution in [0.3, 0.4) is 0 Å². The van der Waals surface area contributed by atoms with Crippen molar-refractivity contribution >= 4 is 43.8 Å². The second kappa shape index (κ2) is 13.3. The Bertz CT molecular complexity index is 1470. The number of pyridine rings is 2. The molecule has 11 nitrogen and oxygen atoms in total. The molecule has 15 heteroatoms. The van der Waals surface area contributed by atoms with E-state index in [2.05, 4.69) is 30.6 Å². The molecule has 0 aliphatic carbocycles. The smallest absolute Gasteiger partial charge is 0.416 e. The number of nitrogens with zero attached hydrogens (tertiary/aromatic N) is 4. The number of carbonyl (C=O) groups is 2. The zero-order valence-corrected chi connectivity index (χ0v) is 24.6. The summed E-state index contributed by atoms with van der Waals surface area (Å²) in [7, 11) is -4.18. The molecule has 2 heterocycles. The number of aliphatic carboxylic acids is 1. The molecule has 1 N–H and O–H groups in total. The molecule has 220 valence electrons. The van der Waals surface area contributed by atoms with E-state index in [1.165, 1.54) is 60.9 Å². The number of aromatic nitrogens is 2. The fourth-order valence-corrected chi connectivity index (χ4v) is 5.15. The molecule has 41 heavy (non-hydrogen) atoms. The molecule has 0 saturated carbocycles. The van der Waals surface area contributed by atoms with Crippen molar-refractivity contribution in [3.63, 3.8) is 0 Å². The van der Waals surface area contributed by atoms with Gasteiger partial charge in [0.05, 0.1) is 12.2 Å². The van der Waals surface area contributed by atoms with Crippen molar-refractivity contribution in [1.29, 1.82) is 0 Å². The summed E-state index contributed by atoms with van der Waals surface area (Å²) in [6.45, 7) is 0.576. The highest BCUT2D eigenvalue weighted by Crippen LogP contribution is 2.27. The highest BCUT2D eigenvalue weighted by molar-refractivity contribution is 9.10. The third-order valence-electron chi connectivity index (χ3n) is 5.19. The lowest BCUT2D eigenvalue weighted by Crippen LogP contribution is -2.40. The van der Waals surface area contributed by atoms with E-state index in [1.54, 1.807) is 20.8 Å². The Morgan fingerprint density at radius 1 is 1.07 bits per heavy atom. The maximum Gasteiger partial charge on any atom is 0.416 e. The third-order valence-corrected chi connectivity index (χ3v) is 7.69. The van der Waals surface area contributed by atoms with Crippen molar-refractivity contribution in [2.24, 2.45) is 0 Å². The monoisotopic (exact) mass is 656 g/mol. The number of carboxylic acids is 1. The highest BCUT2D eigenvalue weighted by atomic mass is 79.9. The number of hydrogen-bond donors (Lipinski definition) is 1. The lowest BCUT2D eigenvalue weighted by molar-refractivity contribution is -0.135. The van der Waals surface area contributed by atoms with Crippen LogP contribution in [0, 0.1) is 0 Å². The number of rotatable bonds is 11. The number of halogens is 3. The summed E-state index contributed by atoms with van der Waals surface area (Å²) < 4.78 is 63.6.